The van der Waals surface area contributed by atoms with Crippen molar-refractivity contribution in [2.24, 2.45) is 10.9 Å². The normalized spacial score (nSPS) is 21.3. The highest BCUT2D eigenvalue weighted by Gasteiger charge is 2.15. The molecule has 0 amide bonds. The highest BCUT2D eigenvalue weighted by molar-refractivity contribution is 5.35. The van der Waals surface area contributed by atoms with Gasteiger partial charge in [-0.15, -0.1) is 0 Å². The fourth-order valence-electron chi connectivity index (χ4n) is 1.47. The van der Waals surface area contributed by atoms with Crippen LogP contribution in [0.15, 0.2) is 28.5 Å². The van der Waals surface area contributed by atoms with Gasteiger partial charge in [0, 0.05) is 6.54 Å². The molecule has 2 nitrogen and oxygen atoms in total. The smallest absolute Gasteiger partial charge is 0.128 e. The van der Waals surface area contributed by atoms with E-state index >= 15 is 0 Å². The van der Waals surface area contributed by atoms with Crippen LogP contribution in [0.4, 0.5) is 0 Å². The van der Waals surface area contributed by atoms with Gasteiger partial charge in [-0.2, -0.15) is 0 Å². The quantitative estimate of drug-likeness (QED) is 0.671. The molecular formula is C12H22N2. The minimum Gasteiger partial charge on any atom is -0.370 e. The van der Waals surface area contributed by atoms with E-state index in [2.05, 4.69) is 30.0 Å². The molecule has 0 spiro atoms. The molecule has 1 N–H and O–H groups in total. The number of nitrogens with one attached hydrogen (secondary N) is 1. The maximum absolute atomic E-state index is 3.97. The van der Waals surface area contributed by atoms with Crippen LogP contribution in [0, 0.1) is 5.92 Å². The van der Waals surface area contributed by atoms with Crippen LogP contribution in [-0.2, 0) is 0 Å². The molecule has 80 valence electrons. The van der Waals surface area contributed by atoms with Gasteiger partial charge >= 0.3 is 0 Å². The lowest BCUT2D eigenvalue weighted by Gasteiger charge is -2.22. The lowest BCUT2D eigenvalue weighted by atomic mass is 9.94. The summed E-state index contributed by atoms with van der Waals surface area (Å²) in [5, 5.41) is 3.23. The van der Waals surface area contributed by atoms with E-state index in [0.717, 1.165) is 12.4 Å². The molecule has 1 heterocycles. The fraction of sp³-hybridized carbons (Fsp3) is 0.583. The molecule has 0 aromatic rings. The maximum Gasteiger partial charge on any atom is 0.128 e. The summed E-state index contributed by atoms with van der Waals surface area (Å²) in [6.45, 7) is 12.8. The van der Waals surface area contributed by atoms with Crippen molar-refractivity contribution in [3.05, 3.63) is 23.5 Å². The highest BCUT2D eigenvalue weighted by Crippen LogP contribution is 2.22. The van der Waals surface area contributed by atoms with Crippen molar-refractivity contribution < 1.29 is 0 Å². The average molecular weight is 194 g/mol. The van der Waals surface area contributed by atoms with Crippen LogP contribution in [0.3, 0.4) is 0 Å². The second-order valence-electron chi connectivity index (χ2n) is 3.08. The molecule has 1 aliphatic heterocycles. The molecule has 1 unspecified atom stereocenters. The first kappa shape index (κ1) is 12.9. The third-order valence-electron chi connectivity index (χ3n) is 2.18. The molecule has 1 rings (SSSR count). The van der Waals surface area contributed by atoms with E-state index in [1.54, 1.807) is 0 Å². The second kappa shape index (κ2) is 7.36. The van der Waals surface area contributed by atoms with Crippen molar-refractivity contribution in [3.8, 4) is 0 Å². The molecule has 0 saturated carbocycles. The van der Waals surface area contributed by atoms with Crippen LogP contribution in [0.1, 0.15) is 34.1 Å². The Labute approximate surface area is 87.8 Å². The van der Waals surface area contributed by atoms with Crippen LogP contribution in [0.5, 0.6) is 0 Å². The molecule has 0 aromatic carbocycles. The number of aliphatic imine (C=N–C) groups is 1. The Balaban J connectivity index is 0.000000791. The lowest BCUT2D eigenvalue weighted by Crippen LogP contribution is -2.24. The largest absolute Gasteiger partial charge is 0.370 e. The van der Waals surface area contributed by atoms with Crippen LogP contribution >= 0.6 is 0 Å². The molecule has 0 fully saturated rings. The van der Waals surface area contributed by atoms with Crippen molar-refractivity contribution in [1.29, 1.82) is 0 Å². The van der Waals surface area contributed by atoms with Gasteiger partial charge in [0.1, 0.15) is 5.82 Å². The molecule has 0 bridgehead atoms. The minimum absolute atomic E-state index is 0.600. The zero-order chi connectivity index (χ0) is 11.0. The van der Waals surface area contributed by atoms with Gasteiger partial charge in [-0.3, -0.25) is 0 Å². The van der Waals surface area contributed by atoms with Crippen molar-refractivity contribution in [3.63, 3.8) is 0 Å². The van der Waals surface area contributed by atoms with E-state index in [1.165, 1.54) is 12.0 Å². The average Bonchev–Trinajstić information content (AvgIpc) is 2.24. The summed E-state index contributed by atoms with van der Waals surface area (Å²) in [4.78, 5) is 3.97. The summed E-state index contributed by atoms with van der Waals surface area (Å²) in [5.41, 5.74) is 1.28. The van der Waals surface area contributed by atoms with Gasteiger partial charge in [0.05, 0.1) is 0 Å². The fourth-order valence-corrected chi connectivity index (χ4v) is 1.47. The molecule has 1 atom stereocenters. The van der Waals surface area contributed by atoms with Crippen molar-refractivity contribution in [1.82, 2.24) is 5.32 Å². The van der Waals surface area contributed by atoms with Crippen molar-refractivity contribution in [2.45, 2.75) is 34.1 Å². The monoisotopic (exact) mass is 194 g/mol. The molecule has 1 aliphatic rings. The van der Waals surface area contributed by atoms with Crippen molar-refractivity contribution in [2.75, 3.05) is 6.54 Å². The molecular weight excluding hydrogens is 172 g/mol. The number of allylic oxidation sites excluding steroid dienone is 3. The molecule has 14 heavy (non-hydrogen) atoms. The number of hydrogen-bond acceptors (Lipinski definition) is 2. The summed E-state index contributed by atoms with van der Waals surface area (Å²) in [6.07, 6.45) is 5.34. The van der Waals surface area contributed by atoms with Gasteiger partial charge in [0.15, 0.2) is 0 Å². The number of rotatable bonds is 2. The number of hydrogen-bond donors (Lipinski definition) is 1. The Morgan fingerprint density at radius 1 is 1.50 bits per heavy atom. The zero-order valence-corrected chi connectivity index (χ0v) is 9.80. The van der Waals surface area contributed by atoms with Gasteiger partial charge in [-0.25, -0.2) is 4.99 Å². The summed E-state index contributed by atoms with van der Waals surface area (Å²) in [5.74, 6) is 1.55. The van der Waals surface area contributed by atoms with Gasteiger partial charge in [0.2, 0.25) is 0 Å². The van der Waals surface area contributed by atoms with Crippen LogP contribution in [0.2, 0.25) is 0 Å². The SMILES string of the molecule is C=NC1=C(/C=C\C)C(C)CCN1.CC. The summed E-state index contributed by atoms with van der Waals surface area (Å²) in [6, 6.07) is 0. The van der Waals surface area contributed by atoms with E-state index in [4.69, 9.17) is 0 Å². The van der Waals surface area contributed by atoms with E-state index in [0.29, 0.717) is 5.92 Å². The second-order valence-corrected chi connectivity index (χ2v) is 3.08. The zero-order valence-electron chi connectivity index (χ0n) is 9.80. The maximum atomic E-state index is 3.97. The van der Waals surface area contributed by atoms with E-state index in [9.17, 15) is 0 Å². The third kappa shape index (κ3) is 3.36. The predicted octanol–water partition coefficient (Wildman–Crippen LogP) is 3.13. The van der Waals surface area contributed by atoms with Crippen molar-refractivity contribution >= 4 is 6.72 Å². The van der Waals surface area contributed by atoms with Crippen LogP contribution in [-0.4, -0.2) is 13.3 Å². The Morgan fingerprint density at radius 3 is 2.64 bits per heavy atom. The third-order valence-corrected chi connectivity index (χ3v) is 2.18. The summed E-state index contributed by atoms with van der Waals surface area (Å²) >= 11 is 0. The Morgan fingerprint density at radius 2 is 2.14 bits per heavy atom. The number of nitrogens with zero attached hydrogens (tertiary/aromatic N) is 1. The van der Waals surface area contributed by atoms with Gasteiger partial charge in [-0.05, 0) is 31.6 Å². The standard InChI is InChI=1S/C10H16N2.C2H6/c1-4-5-9-8(2)6-7-12-10(9)11-3;1-2/h4-5,8,12H,3,6-7H2,1-2H3;1-2H3/b5-4-;. The highest BCUT2D eigenvalue weighted by atomic mass is 15.0. The Bertz CT molecular complexity index is 226. The molecule has 0 saturated heterocycles. The summed E-state index contributed by atoms with van der Waals surface area (Å²) < 4.78 is 0. The van der Waals surface area contributed by atoms with E-state index in [-0.39, 0.29) is 0 Å². The topological polar surface area (TPSA) is 24.4 Å². The van der Waals surface area contributed by atoms with Gasteiger partial charge < -0.3 is 5.32 Å². The van der Waals surface area contributed by atoms with Gasteiger partial charge in [-0.1, -0.05) is 32.9 Å². The van der Waals surface area contributed by atoms with Crippen LogP contribution in [0.25, 0.3) is 0 Å². The molecule has 0 aromatic heterocycles. The molecule has 0 aliphatic carbocycles. The van der Waals surface area contributed by atoms with E-state index in [1.807, 2.05) is 26.8 Å². The predicted molar refractivity (Wildman–Crippen MR) is 64.5 cm³/mol. The molecule has 0 radical (unpaired) electrons. The first-order valence-corrected chi connectivity index (χ1v) is 5.37. The lowest BCUT2D eigenvalue weighted by molar-refractivity contribution is 0.543. The Kier molecular flexibility index (Phi) is 6.81. The van der Waals surface area contributed by atoms with Crippen LogP contribution < -0.4 is 5.32 Å². The molecule has 2 heteroatoms. The van der Waals surface area contributed by atoms with Gasteiger partial charge in [0.25, 0.3) is 0 Å². The first-order chi connectivity index (χ1) is 6.79. The minimum atomic E-state index is 0.600. The van der Waals surface area contributed by atoms with E-state index < -0.39 is 0 Å². The Hall–Kier alpha value is -1.05. The first-order valence-electron chi connectivity index (χ1n) is 5.37. The summed E-state index contributed by atoms with van der Waals surface area (Å²) in [7, 11) is 0.